The second-order valence-electron chi connectivity index (χ2n) is 3.77. The van der Waals surface area contributed by atoms with Crippen molar-refractivity contribution in [3.8, 4) is 0 Å². The van der Waals surface area contributed by atoms with Gasteiger partial charge in [-0.15, -0.1) is 11.3 Å². The Morgan fingerprint density at radius 3 is 2.86 bits per heavy atom. The molecule has 1 N–H and O–H groups in total. The van der Waals surface area contributed by atoms with Crippen molar-refractivity contribution in [1.82, 2.24) is 0 Å². The lowest BCUT2D eigenvalue weighted by molar-refractivity contribution is 0.151. The van der Waals surface area contributed by atoms with E-state index in [1.165, 1.54) is 24.1 Å². The summed E-state index contributed by atoms with van der Waals surface area (Å²) in [6.45, 7) is 2.19. The third-order valence-corrected chi connectivity index (χ3v) is 3.38. The summed E-state index contributed by atoms with van der Waals surface area (Å²) in [7, 11) is 0. The molecule has 0 radical (unpaired) electrons. The minimum Gasteiger partial charge on any atom is -0.393 e. The minimum atomic E-state index is -0.0938. The lowest BCUT2D eigenvalue weighted by atomic mass is 10.1. The Hall–Kier alpha value is -0.340. The van der Waals surface area contributed by atoms with E-state index in [-0.39, 0.29) is 6.10 Å². The summed E-state index contributed by atoms with van der Waals surface area (Å²) in [6.07, 6.45) is 6.48. The zero-order valence-corrected chi connectivity index (χ0v) is 9.72. The zero-order valence-electron chi connectivity index (χ0n) is 8.91. The molecule has 0 amide bonds. The van der Waals surface area contributed by atoms with Crippen LogP contribution >= 0.6 is 11.3 Å². The van der Waals surface area contributed by atoms with Gasteiger partial charge in [-0.3, -0.25) is 0 Å². The standard InChI is InChI=1S/C12H20OS/c1-2-3-4-6-11(13)8-9-12-7-5-10-14-12/h5,7,10-11,13H,2-4,6,8-9H2,1H3. The van der Waals surface area contributed by atoms with Gasteiger partial charge in [0.25, 0.3) is 0 Å². The maximum Gasteiger partial charge on any atom is 0.0543 e. The van der Waals surface area contributed by atoms with E-state index >= 15 is 0 Å². The number of aliphatic hydroxyl groups excluding tert-OH is 1. The Balaban J connectivity index is 2.06. The topological polar surface area (TPSA) is 20.2 Å². The van der Waals surface area contributed by atoms with Crippen LogP contribution in [0.15, 0.2) is 17.5 Å². The molecule has 14 heavy (non-hydrogen) atoms. The summed E-state index contributed by atoms with van der Waals surface area (Å²) < 4.78 is 0. The van der Waals surface area contributed by atoms with Crippen molar-refractivity contribution in [3.05, 3.63) is 22.4 Å². The Kier molecular flexibility index (Phi) is 5.88. The summed E-state index contributed by atoms with van der Waals surface area (Å²) in [5.41, 5.74) is 0. The molecule has 2 heteroatoms. The fourth-order valence-corrected chi connectivity index (χ4v) is 2.26. The third kappa shape index (κ3) is 4.77. The highest BCUT2D eigenvalue weighted by molar-refractivity contribution is 7.09. The van der Waals surface area contributed by atoms with Crippen LogP contribution in [0.5, 0.6) is 0 Å². The molecule has 0 bridgehead atoms. The average molecular weight is 212 g/mol. The summed E-state index contributed by atoms with van der Waals surface area (Å²) in [5.74, 6) is 0. The molecule has 1 heterocycles. The van der Waals surface area contributed by atoms with E-state index in [9.17, 15) is 5.11 Å². The second-order valence-corrected chi connectivity index (χ2v) is 4.80. The molecule has 1 aromatic rings. The lowest BCUT2D eigenvalue weighted by Gasteiger charge is -2.08. The first-order valence-corrected chi connectivity index (χ1v) is 6.41. The maximum atomic E-state index is 9.68. The van der Waals surface area contributed by atoms with Crippen LogP contribution in [0.2, 0.25) is 0 Å². The van der Waals surface area contributed by atoms with E-state index in [0.29, 0.717) is 0 Å². The predicted octanol–water partition coefficient (Wildman–Crippen LogP) is 3.62. The van der Waals surface area contributed by atoms with Gasteiger partial charge in [0.05, 0.1) is 6.10 Å². The van der Waals surface area contributed by atoms with Gasteiger partial charge in [-0.1, -0.05) is 32.3 Å². The number of hydrogen-bond acceptors (Lipinski definition) is 2. The van der Waals surface area contributed by atoms with Crippen LogP contribution in [0, 0.1) is 0 Å². The fraction of sp³-hybridized carbons (Fsp3) is 0.667. The Bertz CT molecular complexity index is 218. The molecule has 0 fully saturated rings. The van der Waals surface area contributed by atoms with Crippen LogP contribution in [0.3, 0.4) is 0 Å². The maximum absolute atomic E-state index is 9.68. The third-order valence-electron chi connectivity index (χ3n) is 2.44. The molecule has 1 rings (SSSR count). The molecule has 1 aromatic heterocycles. The Morgan fingerprint density at radius 2 is 2.21 bits per heavy atom. The minimum absolute atomic E-state index is 0.0938. The van der Waals surface area contributed by atoms with Crippen LogP contribution in [0.1, 0.15) is 43.9 Å². The molecule has 0 saturated heterocycles. The molecule has 0 aliphatic heterocycles. The van der Waals surface area contributed by atoms with Gasteiger partial charge in [0.15, 0.2) is 0 Å². The first-order chi connectivity index (χ1) is 6.83. The lowest BCUT2D eigenvalue weighted by Crippen LogP contribution is -2.07. The van der Waals surface area contributed by atoms with E-state index in [4.69, 9.17) is 0 Å². The van der Waals surface area contributed by atoms with Crippen molar-refractivity contribution >= 4 is 11.3 Å². The van der Waals surface area contributed by atoms with Crippen LogP contribution in [0.4, 0.5) is 0 Å². The van der Waals surface area contributed by atoms with E-state index in [1.807, 2.05) is 0 Å². The van der Waals surface area contributed by atoms with Gasteiger partial charge in [0.1, 0.15) is 0 Å². The normalized spacial score (nSPS) is 13.0. The first kappa shape index (κ1) is 11.7. The number of unbranched alkanes of at least 4 members (excludes halogenated alkanes) is 2. The van der Waals surface area contributed by atoms with Crippen molar-refractivity contribution in [2.45, 2.75) is 51.6 Å². The predicted molar refractivity (Wildman–Crippen MR) is 62.8 cm³/mol. The van der Waals surface area contributed by atoms with Gasteiger partial charge in [-0.05, 0) is 30.7 Å². The molecule has 0 aliphatic rings. The first-order valence-electron chi connectivity index (χ1n) is 5.53. The molecule has 0 spiro atoms. The highest BCUT2D eigenvalue weighted by Gasteiger charge is 2.04. The molecule has 0 saturated carbocycles. The van der Waals surface area contributed by atoms with Gasteiger partial charge in [-0.25, -0.2) is 0 Å². The zero-order chi connectivity index (χ0) is 10.2. The van der Waals surface area contributed by atoms with Crippen molar-refractivity contribution in [3.63, 3.8) is 0 Å². The second kappa shape index (κ2) is 7.02. The van der Waals surface area contributed by atoms with Crippen molar-refractivity contribution in [1.29, 1.82) is 0 Å². The van der Waals surface area contributed by atoms with Crippen molar-refractivity contribution < 1.29 is 5.11 Å². The number of hydrogen-bond donors (Lipinski definition) is 1. The summed E-state index contributed by atoms with van der Waals surface area (Å²) in [5, 5.41) is 11.8. The van der Waals surface area contributed by atoms with Gasteiger partial charge >= 0.3 is 0 Å². The number of thiophene rings is 1. The summed E-state index contributed by atoms with van der Waals surface area (Å²) >= 11 is 1.78. The van der Waals surface area contributed by atoms with E-state index in [0.717, 1.165) is 19.3 Å². The number of rotatable bonds is 7. The summed E-state index contributed by atoms with van der Waals surface area (Å²) in [6, 6.07) is 4.22. The molecular formula is C12H20OS. The highest BCUT2D eigenvalue weighted by Crippen LogP contribution is 2.14. The number of aliphatic hydroxyl groups is 1. The van der Waals surface area contributed by atoms with Crippen LogP contribution in [-0.2, 0) is 6.42 Å². The Labute approximate surface area is 90.8 Å². The van der Waals surface area contributed by atoms with Crippen molar-refractivity contribution in [2.75, 3.05) is 0 Å². The van der Waals surface area contributed by atoms with E-state index < -0.39 is 0 Å². The molecule has 0 aliphatic carbocycles. The molecule has 1 atom stereocenters. The molecule has 1 unspecified atom stereocenters. The van der Waals surface area contributed by atoms with E-state index in [1.54, 1.807) is 11.3 Å². The number of aryl methyl sites for hydroxylation is 1. The largest absolute Gasteiger partial charge is 0.393 e. The monoisotopic (exact) mass is 212 g/mol. The summed E-state index contributed by atoms with van der Waals surface area (Å²) in [4.78, 5) is 1.39. The highest BCUT2D eigenvalue weighted by atomic mass is 32.1. The molecular weight excluding hydrogens is 192 g/mol. The quantitative estimate of drug-likeness (QED) is 0.684. The SMILES string of the molecule is CCCCCC(O)CCc1cccs1. The molecule has 80 valence electrons. The van der Waals surface area contributed by atoms with Crippen LogP contribution in [0.25, 0.3) is 0 Å². The fourth-order valence-electron chi connectivity index (χ4n) is 1.54. The molecule has 1 nitrogen and oxygen atoms in total. The van der Waals surface area contributed by atoms with E-state index in [2.05, 4.69) is 24.4 Å². The average Bonchev–Trinajstić information content (AvgIpc) is 2.68. The van der Waals surface area contributed by atoms with Gasteiger partial charge in [0, 0.05) is 4.88 Å². The van der Waals surface area contributed by atoms with Gasteiger partial charge in [-0.2, -0.15) is 0 Å². The Morgan fingerprint density at radius 1 is 1.36 bits per heavy atom. The molecule has 0 aromatic carbocycles. The smallest absolute Gasteiger partial charge is 0.0543 e. The van der Waals surface area contributed by atoms with Gasteiger partial charge < -0.3 is 5.11 Å². The van der Waals surface area contributed by atoms with Crippen LogP contribution in [-0.4, -0.2) is 11.2 Å². The van der Waals surface area contributed by atoms with Gasteiger partial charge in [0.2, 0.25) is 0 Å². The van der Waals surface area contributed by atoms with Crippen molar-refractivity contribution in [2.24, 2.45) is 0 Å². The van der Waals surface area contributed by atoms with Crippen LogP contribution < -0.4 is 0 Å².